The number of hydrogen-bond donors (Lipinski definition) is 2. The molecule has 1 aromatic rings. The zero-order valence-electron chi connectivity index (χ0n) is 9.65. The van der Waals surface area contributed by atoms with E-state index in [1.807, 2.05) is 6.92 Å². The number of ether oxygens (including phenoxy) is 1. The maximum atomic E-state index is 9.77. The molecule has 1 atom stereocenters. The highest BCUT2D eigenvalue weighted by Gasteiger charge is 2.36. The largest absolute Gasteiger partial charge is 0.494 e. The summed E-state index contributed by atoms with van der Waals surface area (Å²) in [5, 5.41) is 10.3. The standard InChI is InChI=1S/C11H15BClNO3/c1-2-3-16-7-4-8-11(9(13)5-7)10(6-14)17-12(8)15/h4-5,10,15H,2-3,6,14H2,1H3. The van der Waals surface area contributed by atoms with E-state index in [-0.39, 0.29) is 6.10 Å². The van der Waals surface area contributed by atoms with Crippen LogP contribution in [0.2, 0.25) is 5.02 Å². The molecule has 2 rings (SSSR count). The molecular weight excluding hydrogens is 240 g/mol. The van der Waals surface area contributed by atoms with Crippen molar-refractivity contribution in [1.82, 2.24) is 0 Å². The highest BCUT2D eigenvalue weighted by atomic mass is 35.5. The zero-order chi connectivity index (χ0) is 12.4. The van der Waals surface area contributed by atoms with Gasteiger partial charge in [-0.2, -0.15) is 0 Å². The number of fused-ring (bicyclic) bond motifs is 1. The van der Waals surface area contributed by atoms with Gasteiger partial charge >= 0.3 is 7.12 Å². The van der Waals surface area contributed by atoms with Crippen molar-refractivity contribution in [2.75, 3.05) is 13.2 Å². The first-order chi connectivity index (χ1) is 8.17. The maximum absolute atomic E-state index is 9.77. The summed E-state index contributed by atoms with van der Waals surface area (Å²) in [7, 11) is -0.971. The average Bonchev–Trinajstić information content (AvgIpc) is 2.64. The van der Waals surface area contributed by atoms with Gasteiger partial charge in [0.15, 0.2) is 0 Å². The van der Waals surface area contributed by atoms with Gasteiger partial charge in [-0.05, 0) is 29.6 Å². The summed E-state index contributed by atoms with van der Waals surface area (Å²) < 4.78 is 10.8. The van der Waals surface area contributed by atoms with E-state index in [4.69, 9.17) is 26.7 Å². The van der Waals surface area contributed by atoms with Crippen molar-refractivity contribution in [2.24, 2.45) is 5.73 Å². The summed E-state index contributed by atoms with van der Waals surface area (Å²) in [5.74, 6) is 0.649. The Kier molecular flexibility index (Phi) is 3.94. The Morgan fingerprint density at radius 3 is 3.00 bits per heavy atom. The molecule has 0 aromatic heterocycles. The summed E-state index contributed by atoms with van der Waals surface area (Å²) in [5.41, 5.74) is 6.99. The fourth-order valence-electron chi connectivity index (χ4n) is 1.93. The number of halogens is 1. The molecule has 0 bridgehead atoms. The second-order valence-corrected chi connectivity index (χ2v) is 4.38. The van der Waals surface area contributed by atoms with Crippen LogP contribution < -0.4 is 15.9 Å². The van der Waals surface area contributed by atoms with Crippen molar-refractivity contribution in [2.45, 2.75) is 19.4 Å². The van der Waals surface area contributed by atoms with E-state index in [0.29, 0.717) is 29.4 Å². The summed E-state index contributed by atoms with van der Waals surface area (Å²) in [6, 6.07) is 3.50. The predicted octanol–water partition coefficient (Wildman–Crippen LogP) is 0.846. The molecule has 92 valence electrons. The smallest absolute Gasteiger partial charge is 0.492 e. The van der Waals surface area contributed by atoms with Crippen LogP contribution in [-0.4, -0.2) is 25.3 Å². The Morgan fingerprint density at radius 2 is 2.35 bits per heavy atom. The van der Waals surface area contributed by atoms with Gasteiger partial charge in [-0.3, -0.25) is 0 Å². The molecule has 1 aliphatic rings. The van der Waals surface area contributed by atoms with Crippen LogP contribution in [0.15, 0.2) is 12.1 Å². The first-order valence-corrected chi connectivity index (χ1v) is 6.05. The van der Waals surface area contributed by atoms with Crippen molar-refractivity contribution in [3.8, 4) is 5.75 Å². The third-order valence-electron chi connectivity index (χ3n) is 2.70. The summed E-state index contributed by atoms with van der Waals surface area (Å²) in [6.07, 6.45) is 0.576. The fourth-order valence-corrected chi connectivity index (χ4v) is 2.27. The Hall–Kier alpha value is -0.745. The third-order valence-corrected chi connectivity index (χ3v) is 3.02. The van der Waals surface area contributed by atoms with Crippen LogP contribution in [0.5, 0.6) is 5.75 Å². The Labute approximate surface area is 106 Å². The fraction of sp³-hybridized carbons (Fsp3) is 0.455. The normalized spacial score (nSPS) is 18.4. The van der Waals surface area contributed by atoms with E-state index in [9.17, 15) is 5.02 Å². The van der Waals surface area contributed by atoms with E-state index >= 15 is 0 Å². The van der Waals surface area contributed by atoms with E-state index in [1.54, 1.807) is 12.1 Å². The molecule has 0 spiro atoms. The van der Waals surface area contributed by atoms with Gasteiger partial charge in [-0.1, -0.05) is 18.5 Å². The van der Waals surface area contributed by atoms with Gasteiger partial charge in [0.25, 0.3) is 0 Å². The van der Waals surface area contributed by atoms with Crippen molar-refractivity contribution < 1.29 is 14.4 Å². The third kappa shape index (κ3) is 2.42. The van der Waals surface area contributed by atoms with E-state index in [1.165, 1.54) is 0 Å². The molecule has 0 saturated carbocycles. The Bertz CT molecular complexity index is 416. The lowest BCUT2D eigenvalue weighted by Gasteiger charge is -2.12. The molecule has 4 nitrogen and oxygen atoms in total. The van der Waals surface area contributed by atoms with Gasteiger partial charge < -0.3 is 20.1 Å². The minimum atomic E-state index is -0.971. The molecule has 1 aliphatic heterocycles. The molecule has 0 radical (unpaired) electrons. The highest BCUT2D eigenvalue weighted by Crippen LogP contribution is 2.32. The second-order valence-electron chi connectivity index (χ2n) is 3.97. The summed E-state index contributed by atoms with van der Waals surface area (Å²) >= 11 is 6.17. The Balaban J connectivity index is 2.34. The van der Waals surface area contributed by atoms with Crippen molar-refractivity contribution >= 4 is 24.2 Å². The lowest BCUT2D eigenvalue weighted by Crippen LogP contribution is -2.28. The van der Waals surface area contributed by atoms with Crippen LogP contribution in [-0.2, 0) is 4.65 Å². The van der Waals surface area contributed by atoms with E-state index < -0.39 is 7.12 Å². The SMILES string of the molecule is CCCOc1cc(Cl)c2c(c1)B(O)OC2CN. The van der Waals surface area contributed by atoms with Crippen LogP contribution in [0, 0.1) is 0 Å². The van der Waals surface area contributed by atoms with Gasteiger partial charge in [-0.15, -0.1) is 0 Å². The summed E-state index contributed by atoms with van der Waals surface area (Å²) in [6.45, 7) is 2.93. The maximum Gasteiger partial charge on any atom is 0.492 e. The monoisotopic (exact) mass is 255 g/mol. The van der Waals surface area contributed by atoms with Gasteiger partial charge in [0.1, 0.15) is 5.75 Å². The minimum absolute atomic E-state index is 0.291. The number of rotatable bonds is 4. The van der Waals surface area contributed by atoms with Gasteiger partial charge in [-0.25, -0.2) is 0 Å². The van der Waals surface area contributed by atoms with Gasteiger partial charge in [0, 0.05) is 11.6 Å². The molecular formula is C11H15BClNO3. The quantitative estimate of drug-likeness (QED) is 0.783. The summed E-state index contributed by atoms with van der Waals surface area (Å²) in [4.78, 5) is 0. The van der Waals surface area contributed by atoms with Gasteiger partial charge in [0.05, 0.1) is 12.7 Å². The number of benzene rings is 1. The van der Waals surface area contributed by atoms with E-state index in [2.05, 4.69) is 0 Å². The lowest BCUT2D eigenvalue weighted by atomic mass is 9.79. The highest BCUT2D eigenvalue weighted by molar-refractivity contribution is 6.62. The molecule has 0 amide bonds. The van der Waals surface area contributed by atoms with E-state index in [0.717, 1.165) is 12.0 Å². The molecule has 0 saturated heterocycles. The molecule has 1 aromatic carbocycles. The first-order valence-electron chi connectivity index (χ1n) is 5.67. The zero-order valence-corrected chi connectivity index (χ0v) is 10.4. The predicted molar refractivity (Wildman–Crippen MR) is 67.7 cm³/mol. The second kappa shape index (κ2) is 5.27. The topological polar surface area (TPSA) is 64.7 Å². The molecule has 17 heavy (non-hydrogen) atoms. The van der Waals surface area contributed by atoms with Crippen LogP contribution in [0.4, 0.5) is 0 Å². The van der Waals surface area contributed by atoms with Gasteiger partial charge in [0.2, 0.25) is 0 Å². The molecule has 3 N–H and O–H groups in total. The van der Waals surface area contributed by atoms with Crippen LogP contribution >= 0.6 is 11.6 Å². The van der Waals surface area contributed by atoms with Crippen LogP contribution in [0.25, 0.3) is 0 Å². The number of hydrogen-bond acceptors (Lipinski definition) is 4. The lowest BCUT2D eigenvalue weighted by molar-refractivity contribution is 0.198. The average molecular weight is 256 g/mol. The molecule has 1 unspecified atom stereocenters. The van der Waals surface area contributed by atoms with Crippen molar-refractivity contribution in [3.63, 3.8) is 0 Å². The number of nitrogens with two attached hydrogens (primary N) is 1. The molecule has 0 aliphatic carbocycles. The Morgan fingerprint density at radius 1 is 1.59 bits per heavy atom. The molecule has 1 heterocycles. The molecule has 0 fully saturated rings. The van der Waals surface area contributed by atoms with Crippen molar-refractivity contribution in [3.05, 3.63) is 22.7 Å². The molecule has 6 heteroatoms. The van der Waals surface area contributed by atoms with Crippen LogP contribution in [0.3, 0.4) is 0 Å². The van der Waals surface area contributed by atoms with Crippen LogP contribution in [0.1, 0.15) is 25.0 Å². The first kappa shape index (κ1) is 12.7. The minimum Gasteiger partial charge on any atom is -0.494 e. The van der Waals surface area contributed by atoms with Crippen molar-refractivity contribution in [1.29, 1.82) is 0 Å².